The number of benzene rings is 1. The lowest BCUT2D eigenvalue weighted by Crippen LogP contribution is -2.13. The van der Waals surface area contributed by atoms with Crippen molar-refractivity contribution in [1.29, 1.82) is 0 Å². The van der Waals surface area contributed by atoms with Crippen molar-refractivity contribution in [3.63, 3.8) is 0 Å². The number of nitrogens with one attached hydrogen (secondary N) is 1. The quantitative estimate of drug-likeness (QED) is 0.541. The summed E-state index contributed by atoms with van der Waals surface area (Å²) in [6.07, 6.45) is 3.56. The third-order valence-electron chi connectivity index (χ3n) is 4.09. The number of carbonyl (C=O) groups is 1. The van der Waals surface area contributed by atoms with Gasteiger partial charge in [-0.2, -0.15) is 0 Å². The predicted molar refractivity (Wildman–Crippen MR) is 118 cm³/mol. The monoisotopic (exact) mass is 426 g/mol. The van der Waals surface area contributed by atoms with Gasteiger partial charge in [0.25, 0.3) is 5.91 Å². The van der Waals surface area contributed by atoms with Crippen molar-refractivity contribution >= 4 is 46.1 Å². The van der Waals surface area contributed by atoms with Gasteiger partial charge in [-0.3, -0.25) is 9.79 Å². The van der Waals surface area contributed by atoms with Crippen molar-refractivity contribution in [2.24, 2.45) is 4.99 Å². The van der Waals surface area contributed by atoms with Crippen molar-refractivity contribution in [2.75, 3.05) is 12.4 Å². The van der Waals surface area contributed by atoms with Crippen LogP contribution in [0.15, 0.2) is 58.5 Å². The van der Waals surface area contributed by atoms with Crippen LogP contribution in [0.4, 0.5) is 5.82 Å². The molecule has 1 amide bonds. The second-order valence-corrected chi connectivity index (χ2v) is 7.13. The van der Waals surface area contributed by atoms with Gasteiger partial charge in [-0.1, -0.05) is 17.7 Å². The van der Waals surface area contributed by atoms with Gasteiger partial charge >= 0.3 is 0 Å². The number of aliphatic imine (C=N–C) groups is 1. The van der Waals surface area contributed by atoms with Crippen LogP contribution < -0.4 is 10.1 Å². The molecule has 8 heteroatoms. The van der Waals surface area contributed by atoms with Crippen LogP contribution in [0.2, 0.25) is 5.02 Å². The second-order valence-electron chi connectivity index (χ2n) is 5.98. The van der Waals surface area contributed by atoms with Gasteiger partial charge in [0.05, 0.1) is 18.3 Å². The number of pyridine rings is 1. The Bertz CT molecular complexity index is 1060. The van der Waals surface area contributed by atoms with Crippen LogP contribution in [-0.2, 0) is 0 Å². The van der Waals surface area contributed by atoms with E-state index >= 15 is 0 Å². The normalized spacial score (nSPS) is 12.0. The maximum Gasteiger partial charge on any atom is 0.276 e. The summed E-state index contributed by atoms with van der Waals surface area (Å²) >= 11 is 7.51. The van der Waals surface area contributed by atoms with E-state index in [0.717, 1.165) is 22.5 Å². The molecular weight excluding hydrogens is 408 g/mol. The Morgan fingerprint density at radius 1 is 1.28 bits per heavy atom. The molecule has 0 saturated carbocycles. The number of ether oxygens (including phenoxy) is 1. The highest BCUT2D eigenvalue weighted by Gasteiger charge is 2.11. The Morgan fingerprint density at radius 3 is 2.72 bits per heavy atom. The SMILES string of the molecule is C/C=C(\N=C(C)c1ccc(NC(=O)c2cscn2)nc1)c1cc(Cl)ccc1OC. The van der Waals surface area contributed by atoms with E-state index in [9.17, 15) is 4.79 Å². The summed E-state index contributed by atoms with van der Waals surface area (Å²) in [7, 11) is 1.61. The summed E-state index contributed by atoms with van der Waals surface area (Å²) in [5.74, 6) is 0.848. The molecule has 1 aromatic carbocycles. The average Bonchev–Trinajstić information content (AvgIpc) is 3.27. The lowest BCUT2D eigenvalue weighted by Gasteiger charge is -2.11. The third kappa shape index (κ3) is 5.07. The topological polar surface area (TPSA) is 76.5 Å². The Hall–Kier alpha value is -3.03. The molecule has 2 aromatic heterocycles. The van der Waals surface area contributed by atoms with Gasteiger partial charge in [0.2, 0.25) is 0 Å². The Balaban J connectivity index is 1.80. The van der Waals surface area contributed by atoms with Gasteiger partial charge < -0.3 is 10.1 Å². The van der Waals surface area contributed by atoms with Crippen molar-refractivity contribution in [3.8, 4) is 5.75 Å². The molecule has 0 spiro atoms. The van der Waals surface area contributed by atoms with Crippen LogP contribution >= 0.6 is 22.9 Å². The number of aromatic nitrogens is 2. The first-order valence-corrected chi connectivity index (χ1v) is 10.1. The number of amides is 1. The number of thiazole rings is 1. The van der Waals surface area contributed by atoms with Gasteiger partial charge in [0.15, 0.2) is 0 Å². The molecule has 2 heterocycles. The number of hydrogen-bond donors (Lipinski definition) is 1. The highest BCUT2D eigenvalue weighted by Crippen LogP contribution is 2.30. The van der Waals surface area contributed by atoms with Crippen molar-refractivity contribution in [1.82, 2.24) is 9.97 Å². The van der Waals surface area contributed by atoms with Crippen LogP contribution in [0.1, 0.15) is 35.5 Å². The van der Waals surface area contributed by atoms with Gasteiger partial charge in [-0.05, 0) is 44.2 Å². The first kappa shape index (κ1) is 20.7. The minimum atomic E-state index is -0.291. The van der Waals surface area contributed by atoms with Crippen molar-refractivity contribution in [2.45, 2.75) is 13.8 Å². The largest absolute Gasteiger partial charge is 0.496 e. The highest BCUT2D eigenvalue weighted by molar-refractivity contribution is 7.07. The van der Waals surface area contributed by atoms with Crippen molar-refractivity contribution in [3.05, 3.63) is 75.3 Å². The van der Waals surface area contributed by atoms with Gasteiger partial charge in [-0.15, -0.1) is 11.3 Å². The molecule has 0 aliphatic carbocycles. The zero-order chi connectivity index (χ0) is 20.8. The molecule has 0 atom stereocenters. The number of allylic oxidation sites excluding steroid dienone is 1. The molecule has 0 bridgehead atoms. The maximum absolute atomic E-state index is 12.1. The average molecular weight is 427 g/mol. The molecule has 0 radical (unpaired) electrons. The standard InChI is InChI=1S/C21H19ClN4O2S/c1-4-17(16-9-15(22)6-7-19(16)28-3)25-13(2)14-5-8-20(23-10-14)26-21(27)18-11-29-12-24-18/h4-12H,1-3H3,(H,23,26,27)/b17-4-,25-13?. The van der Waals surface area contributed by atoms with E-state index in [1.54, 1.807) is 36.3 Å². The number of rotatable bonds is 6. The van der Waals surface area contributed by atoms with Gasteiger partial charge in [0.1, 0.15) is 17.3 Å². The molecule has 0 saturated heterocycles. The van der Waals surface area contributed by atoms with E-state index in [-0.39, 0.29) is 5.91 Å². The summed E-state index contributed by atoms with van der Waals surface area (Å²) in [6, 6.07) is 8.99. The minimum Gasteiger partial charge on any atom is -0.496 e. The first-order valence-electron chi connectivity index (χ1n) is 8.73. The van der Waals surface area contributed by atoms with Gasteiger partial charge in [0, 0.05) is 33.4 Å². The Labute approximate surface area is 178 Å². The van der Waals surface area contributed by atoms with Crippen LogP contribution in [0.3, 0.4) is 0 Å². The molecule has 6 nitrogen and oxygen atoms in total. The van der Waals surface area contributed by atoms with E-state index in [4.69, 9.17) is 21.3 Å². The predicted octanol–water partition coefficient (Wildman–Crippen LogP) is 5.32. The summed E-state index contributed by atoms with van der Waals surface area (Å²) in [6.45, 7) is 3.80. The summed E-state index contributed by atoms with van der Waals surface area (Å²) in [5, 5.41) is 5.01. The van der Waals surface area contributed by atoms with E-state index in [0.29, 0.717) is 22.3 Å². The first-order chi connectivity index (χ1) is 14.0. The highest BCUT2D eigenvalue weighted by atomic mass is 35.5. The number of hydrogen-bond acceptors (Lipinski definition) is 6. The summed E-state index contributed by atoms with van der Waals surface area (Å²) in [4.78, 5) is 25.1. The molecule has 3 rings (SSSR count). The van der Waals surface area contributed by atoms with Crippen molar-refractivity contribution < 1.29 is 9.53 Å². The maximum atomic E-state index is 12.1. The van der Waals surface area contributed by atoms with Crippen LogP contribution in [0.5, 0.6) is 5.75 Å². The number of methoxy groups -OCH3 is 1. The number of halogens is 1. The van der Waals surface area contributed by atoms with Crippen LogP contribution in [0, 0.1) is 0 Å². The molecule has 148 valence electrons. The van der Waals surface area contributed by atoms with E-state index in [2.05, 4.69) is 15.3 Å². The molecule has 0 aliphatic rings. The van der Waals surface area contributed by atoms with Crippen LogP contribution in [0.25, 0.3) is 5.70 Å². The summed E-state index contributed by atoms with van der Waals surface area (Å²) < 4.78 is 5.43. The fraction of sp³-hybridized carbons (Fsp3) is 0.143. The number of nitrogens with zero attached hydrogens (tertiary/aromatic N) is 3. The van der Waals surface area contributed by atoms with E-state index < -0.39 is 0 Å². The fourth-order valence-electron chi connectivity index (χ4n) is 2.59. The number of carbonyl (C=O) groups excluding carboxylic acids is 1. The zero-order valence-corrected chi connectivity index (χ0v) is 17.7. The molecular formula is C21H19ClN4O2S. The third-order valence-corrected chi connectivity index (χ3v) is 4.91. The fourth-order valence-corrected chi connectivity index (χ4v) is 3.30. The van der Waals surface area contributed by atoms with E-state index in [1.165, 1.54) is 11.3 Å². The van der Waals surface area contributed by atoms with Gasteiger partial charge in [-0.25, -0.2) is 9.97 Å². The second kappa shape index (κ2) is 9.45. The number of anilines is 1. The molecule has 0 fully saturated rings. The van der Waals surface area contributed by atoms with Crippen LogP contribution in [-0.4, -0.2) is 28.7 Å². The molecule has 1 N–H and O–H groups in total. The lowest BCUT2D eigenvalue weighted by atomic mass is 10.1. The molecule has 0 aliphatic heterocycles. The lowest BCUT2D eigenvalue weighted by molar-refractivity contribution is 0.102. The Kier molecular flexibility index (Phi) is 6.74. The summed E-state index contributed by atoms with van der Waals surface area (Å²) in [5.41, 5.74) is 5.12. The smallest absolute Gasteiger partial charge is 0.276 e. The Morgan fingerprint density at radius 2 is 2.10 bits per heavy atom. The zero-order valence-electron chi connectivity index (χ0n) is 16.1. The van der Waals surface area contributed by atoms with E-state index in [1.807, 2.05) is 38.1 Å². The molecule has 3 aromatic rings. The molecule has 0 unspecified atom stereocenters. The minimum absolute atomic E-state index is 0.291. The molecule has 29 heavy (non-hydrogen) atoms.